The fourth-order valence-electron chi connectivity index (χ4n) is 3.04. The Kier molecular flexibility index (Phi) is 3.86. The van der Waals surface area contributed by atoms with Crippen LogP contribution in [0.3, 0.4) is 0 Å². The average molecular weight is 393 g/mol. The van der Waals surface area contributed by atoms with Gasteiger partial charge in [0.05, 0.1) is 0 Å². The van der Waals surface area contributed by atoms with Crippen LogP contribution in [0.15, 0.2) is 35.3 Å². The topological polar surface area (TPSA) is 126 Å². The van der Waals surface area contributed by atoms with Gasteiger partial charge in [-0.2, -0.15) is 9.50 Å². The normalized spacial score (nSPS) is 13.0. The van der Waals surface area contributed by atoms with Crippen molar-refractivity contribution in [2.24, 2.45) is 0 Å². The van der Waals surface area contributed by atoms with Crippen molar-refractivity contribution in [3.05, 3.63) is 52.2 Å². The number of hydrogen-bond acceptors (Lipinski definition) is 8. The van der Waals surface area contributed by atoms with Gasteiger partial charge >= 0.3 is 0 Å². The van der Waals surface area contributed by atoms with Gasteiger partial charge in [-0.3, -0.25) is 15.0 Å². The summed E-state index contributed by atoms with van der Waals surface area (Å²) in [6.45, 7) is 2.80. The van der Waals surface area contributed by atoms with E-state index in [1.807, 2.05) is 6.92 Å². The van der Waals surface area contributed by atoms with Crippen LogP contribution in [0, 0.1) is 0 Å². The zero-order valence-electron chi connectivity index (χ0n) is 15.3. The highest BCUT2D eigenvalue weighted by atomic mass is 16.6. The van der Waals surface area contributed by atoms with Crippen LogP contribution in [0.25, 0.3) is 16.8 Å². The lowest BCUT2D eigenvalue weighted by Crippen LogP contribution is -2.33. The standard InChI is InChI=1S/C18H15N7O4/c1-2-14-19-18-21-20-15-11(25(18)22-14)5-6-24(17(15)27)23-16(26)10-3-4-12-13(9-10)29-8-7-28-12/h3-6,9H,2,7-8H2,1H3,(H,23,26). The van der Waals surface area contributed by atoms with Gasteiger partial charge in [-0.15, -0.1) is 15.3 Å². The number of fused-ring (bicyclic) bond motifs is 4. The van der Waals surface area contributed by atoms with E-state index in [1.54, 1.807) is 24.3 Å². The van der Waals surface area contributed by atoms with E-state index in [1.165, 1.54) is 10.7 Å². The van der Waals surface area contributed by atoms with Gasteiger partial charge in [-0.05, 0) is 24.3 Å². The number of rotatable bonds is 3. The second-order valence-corrected chi connectivity index (χ2v) is 6.32. The Labute approximate surface area is 162 Å². The van der Waals surface area contributed by atoms with Crippen LogP contribution in [0.2, 0.25) is 0 Å². The molecule has 0 atom stereocenters. The molecule has 4 heterocycles. The third-order valence-electron chi connectivity index (χ3n) is 4.49. The predicted octanol–water partition coefficient (Wildman–Crippen LogP) is 0.552. The number of amides is 1. The maximum absolute atomic E-state index is 12.8. The summed E-state index contributed by atoms with van der Waals surface area (Å²) in [5.74, 6) is 1.50. The van der Waals surface area contributed by atoms with Crippen LogP contribution < -0.4 is 20.5 Å². The van der Waals surface area contributed by atoms with Crippen molar-refractivity contribution in [1.29, 1.82) is 0 Å². The predicted molar refractivity (Wildman–Crippen MR) is 101 cm³/mol. The molecule has 0 bridgehead atoms. The lowest BCUT2D eigenvalue weighted by molar-refractivity contribution is 0.101. The summed E-state index contributed by atoms with van der Waals surface area (Å²) >= 11 is 0. The Balaban J connectivity index is 1.50. The van der Waals surface area contributed by atoms with Crippen molar-refractivity contribution in [2.45, 2.75) is 13.3 Å². The summed E-state index contributed by atoms with van der Waals surface area (Å²) in [7, 11) is 0. The Morgan fingerprint density at radius 2 is 2.00 bits per heavy atom. The Bertz CT molecular complexity index is 1330. The number of pyridine rings is 1. The zero-order chi connectivity index (χ0) is 20.0. The molecule has 1 aromatic carbocycles. The van der Waals surface area contributed by atoms with Gasteiger partial charge in [-0.1, -0.05) is 6.92 Å². The van der Waals surface area contributed by atoms with E-state index in [4.69, 9.17) is 9.47 Å². The third kappa shape index (κ3) is 2.83. The van der Waals surface area contributed by atoms with Gasteiger partial charge in [0.2, 0.25) is 0 Å². The van der Waals surface area contributed by atoms with Crippen molar-refractivity contribution < 1.29 is 14.3 Å². The molecular weight excluding hydrogens is 378 g/mol. The fourth-order valence-corrected chi connectivity index (χ4v) is 3.04. The van der Waals surface area contributed by atoms with Gasteiger partial charge in [0, 0.05) is 18.2 Å². The molecule has 0 spiro atoms. The first-order valence-corrected chi connectivity index (χ1v) is 8.99. The highest BCUT2D eigenvalue weighted by Gasteiger charge is 2.17. The summed E-state index contributed by atoms with van der Waals surface area (Å²) in [5.41, 5.74) is 2.86. The molecule has 0 aliphatic carbocycles. The van der Waals surface area contributed by atoms with E-state index in [2.05, 4.69) is 25.7 Å². The second-order valence-electron chi connectivity index (χ2n) is 6.32. The van der Waals surface area contributed by atoms with Gasteiger partial charge in [0.15, 0.2) is 22.8 Å². The van der Waals surface area contributed by atoms with Crippen LogP contribution in [-0.2, 0) is 6.42 Å². The van der Waals surface area contributed by atoms with Gasteiger partial charge in [-0.25, -0.2) is 4.68 Å². The van der Waals surface area contributed by atoms with Gasteiger partial charge in [0.25, 0.3) is 17.2 Å². The highest BCUT2D eigenvalue weighted by Crippen LogP contribution is 2.30. The number of hydrogen-bond donors (Lipinski definition) is 1. The highest BCUT2D eigenvalue weighted by molar-refractivity contribution is 6.00. The molecule has 29 heavy (non-hydrogen) atoms. The molecule has 4 aromatic rings. The molecule has 146 valence electrons. The van der Waals surface area contributed by atoms with E-state index in [0.29, 0.717) is 53.8 Å². The zero-order valence-corrected chi connectivity index (χ0v) is 15.3. The molecule has 5 rings (SSSR count). The lowest BCUT2D eigenvalue weighted by Gasteiger charge is -2.18. The maximum atomic E-state index is 12.8. The monoisotopic (exact) mass is 393 g/mol. The van der Waals surface area contributed by atoms with Crippen LogP contribution in [0.5, 0.6) is 11.5 Å². The minimum Gasteiger partial charge on any atom is -0.486 e. The largest absolute Gasteiger partial charge is 0.486 e. The van der Waals surface area contributed by atoms with Crippen LogP contribution in [0.1, 0.15) is 23.1 Å². The van der Waals surface area contributed by atoms with Crippen molar-refractivity contribution in [3.63, 3.8) is 0 Å². The molecule has 1 N–H and O–H groups in total. The summed E-state index contributed by atoms with van der Waals surface area (Å²) in [6, 6.07) is 6.45. The Hall–Kier alpha value is -4.02. The minimum atomic E-state index is -0.531. The lowest BCUT2D eigenvalue weighted by atomic mass is 10.2. The first kappa shape index (κ1) is 17.1. The van der Waals surface area contributed by atoms with Crippen LogP contribution in [0.4, 0.5) is 0 Å². The summed E-state index contributed by atoms with van der Waals surface area (Å²) < 4.78 is 13.5. The van der Waals surface area contributed by atoms with Gasteiger partial charge in [0.1, 0.15) is 18.7 Å². The summed E-state index contributed by atoms with van der Waals surface area (Å²) in [4.78, 5) is 29.6. The van der Waals surface area contributed by atoms with E-state index in [0.717, 1.165) is 4.68 Å². The van der Waals surface area contributed by atoms with E-state index >= 15 is 0 Å². The number of ether oxygens (including phenoxy) is 2. The molecule has 11 heteroatoms. The maximum Gasteiger partial charge on any atom is 0.299 e. The molecule has 3 aromatic heterocycles. The molecule has 0 saturated carbocycles. The molecule has 0 unspecified atom stereocenters. The fraction of sp³-hybridized carbons (Fsp3) is 0.222. The number of carbonyl (C=O) groups excluding carboxylic acids is 1. The number of nitrogens with zero attached hydrogens (tertiary/aromatic N) is 6. The van der Waals surface area contributed by atoms with Crippen LogP contribution >= 0.6 is 0 Å². The number of aromatic nitrogens is 6. The van der Waals surface area contributed by atoms with Crippen molar-refractivity contribution >= 4 is 22.7 Å². The first-order valence-electron chi connectivity index (χ1n) is 8.99. The van der Waals surface area contributed by atoms with Crippen molar-refractivity contribution in [1.82, 2.24) is 29.5 Å². The summed E-state index contributed by atoms with van der Waals surface area (Å²) in [5, 5.41) is 12.2. The first-order chi connectivity index (χ1) is 14.1. The van der Waals surface area contributed by atoms with Crippen LogP contribution in [-0.4, -0.2) is 48.6 Å². The molecular formula is C18H15N7O4. The smallest absolute Gasteiger partial charge is 0.299 e. The minimum absolute atomic E-state index is 0.0648. The molecule has 0 saturated heterocycles. The second kappa shape index (κ2) is 6.55. The quantitative estimate of drug-likeness (QED) is 0.535. The number of benzene rings is 1. The molecule has 0 radical (unpaired) electrons. The number of nitrogens with one attached hydrogen (secondary N) is 1. The molecule has 1 aliphatic rings. The number of aryl methyl sites for hydroxylation is 1. The number of carbonyl (C=O) groups is 1. The summed E-state index contributed by atoms with van der Waals surface area (Å²) in [6.07, 6.45) is 2.07. The van der Waals surface area contributed by atoms with Crippen molar-refractivity contribution in [2.75, 3.05) is 18.6 Å². The van der Waals surface area contributed by atoms with Gasteiger partial charge < -0.3 is 9.47 Å². The van der Waals surface area contributed by atoms with E-state index in [9.17, 15) is 9.59 Å². The average Bonchev–Trinajstić information content (AvgIpc) is 3.19. The molecule has 11 nitrogen and oxygen atoms in total. The Morgan fingerprint density at radius 1 is 1.17 bits per heavy atom. The Morgan fingerprint density at radius 3 is 2.83 bits per heavy atom. The van der Waals surface area contributed by atoms with Crippen molar-refractivity contribution in [3.8, 4) is 11.5 Å². The third-order valence-corrected chi connectivity index (χ3v) is 4.49. The van der Waals surface area contributed by atoms with E-state index in [-0.39, 0.29) is 5.52 Å². The molecule has 1 amide bonds. The molecule has 0 fully saturated rings. The molecule has 1 aliphatic heterocycles. The SMILES string of the molecule is CCc1nc2nnc3c(=O)n(NC(=O)c4ccc5c(c4)OCCO5)ccc3n2n1. The van der Waals surface area contributed by atoms with E-state index < -0.39 is 11.5 Å².